The highest BCUT2D eigenvalue weighted by atomic mass is 32.2. The zero-order chi connectivity index (χ0) is 19.1. The molecule has 26 heavy (non-hydrogen) atoms. The highest BCUT2D eigenvalue weighted by Crippen LogP contribution is 2.39. The minimum absolute atomic E-state index is 0.393. The lowest BCUT2D eigenvalue weighted by atomic mass is 9.84. The average Bonchev–Trinajstić information content (AvgIpc) is 2.59. The molecule has 2 aromatic rings. The monoisotopic (exact) mass is 386 g/mol. The van der Waals surface area contributed by atoms with Gasteiger partial charge in [0, 0.05) is 0 Å². The standard InChI is InChI=1S/C17H13F3O5S/c1-24-16(21)14-9-13-11(7-6-10-4-2-3-5-12(10)13)8-15(14)25-26(22,23)17(18,19)20/h2-5,8-9H,6-7H2,1H3. The second kappa shape index (κ2) is 6.31. The van der Waals surface area contributed by atoms with Gasteiger partial charge in [0.25, 0.3) is 0 Å². The summed E-state index contributed by atoms with van der Waals surface area (Å²) >= 11 is 0. The fraction of sp³-hybridized carbons (Fsp3) is 0.235. The molecule has 9 heteroatoms. The summed E-state index contributed by atoms with van der Waals surface area (Å²) in [7, 11) is -4.87. The van der Waals surface area contributed by atoms with Crippen LogP contribution in [0.5, 0.6) is 5.75 Å². The zero-order valence-corrected chi connectivity index (χ0v) is 14.3. The first-order valence-corrected chi connectivity index (χ1v) is 8.89. The Hall–Kier alpha value is -2.55. The largest absolute Gasteiger partial charge is 0.534 e. The predicted molar refractivity (Wildman–Crippen MR) is 86.2 cm³/mol. The third kappa shape index (κ3) is 3.14. The number of benzene rings is 2. The second-order valence-electron chi connectivity index (χ2n) is 5.64. The normalized spacial score (nSPS) is 13.5. The summed E-state index contributed by atoms with van der Waals surface area (Å²) in [6, 6.07) is 9.85. The molecular weight excluding hydrogens is 373 g/mol. The molecule has 3 rings (SSSR count). The van der Waals surface area contributed by atoms with E-state index in [1.165, 1.54) is 6.07 Å². The maximum absolute atomic E-state index is 12.6. The van der Waals surface area contributed by atoms with E-state index in [0.717, 1.165) is 24.3 Å². The van der Waals surface area contributed by atoms with Crippen molar-refractivity contribution < 1.29 is 35.3 Å². The predicted octanol–water partition coefficient (Wildman–Crippen LogP) is 3.47. The summed E-state index contributed by atoms with van der Waals surface area (Å²) in [4.78, 5) is 12.0. The summed E-state index contributed by atoms with van der Waals surface area (Å²) in [6.07, 6.45) is 1.10. The fourth-order valence-corrected chi connectivity index (χ4v) is 3.32. The van der Waals surface area contributed by atoms with Gasteiger partial charge in [-0.05, 0) is 47.2 Å². The van der Waals surface area contributed by atoms with Gasteiger partial charge in [0.15, 0.2) is 5.75 Å². The Labute approximate surface area is 147 Å². The third-order valence-electron chi connectivity index (χ3n) is 4.06. The summed E-state index contributed by atoms with van der Waals surface area (Å²) in [6.45, 7) is 0. The SMILES string of the molecule is COC(=O)c1cc2c(cc1OS(=O)(=O)C(F)(F)F)CCc1ccccc1-2. The minimum atomic E-state index is -5.91. The molecule has 1 aliphatic carbocycles. The number of aryl methyl sites for hydroxylation is 2. The van der Waals surface area contributed by atoms with E-state index in [1.807, 2.05) is 18.2 Å². The average molecular weight is 386 g/mol. The number of halogens is 3. The Morgan fingerprint density at radius 2 is 1.69 bits per heavy atom. The topological polar surface area (TPSA) is 69.7 Å². The second-order valence-corrected chi connectivity index (χ2v) is 7.18. The molecule has 0 bridgehead atoms. The quantitative estimate of drug-likeness (QED) is 0.459. The molecule has 0 spiro atoms. The van der Waals surface area contributed by atoms with E-state index < -0.39 is 32.9 Å². The fourth-order valence-electron chi connectivity index (χ4n) is 2.85. The molecule has 0 saturated carbocycles. The van der Waals surface area contributed by atoms with Crippen LogP contribution in [-0.4, -0.2) is 27.0 Å². The number of methoxy groups -OCH3 is 1. The van der Waals surface area contributed by atoms with Crippen LogP contribution in [0.25, 0.3) is 11.1 Å². The van der Waals surface area contributed by atoms with E-state index in [4.69, 9.17) is 0 Å². The first-order chi connectivity index (χ1) is 12.1. The molecule has 138 valence electrons. The van der Waals surface area contributed by atoms with Gasteiger partial charge < -0.3 is 8.92 Å². The number of hydrogen-bond donors (Lipinski definition) is 0. The molecule has 2 aromatic carbocycles. The maximum Gasteiger partial charge on any atom is 0.534 e. The lowest BCUT2D eigenvalue weighted by Gasteiger charge is -2.22. The van der Waals surface area contributed by atoms with Crippen LogP contribution in [0.2, 0.25) is 0 Å². The van der Waals surface area contributed by atoms with Gasteiger partial charge in [-0.25, -0.2) is 4.79 Å². The summed E-state index contributed by atoms with van der Waals surface area (Å²) in [5.74, 6) is -1.70. The van der Waals surface area contributed by atoms with Crippen LogP contribution < -0.4 is 4.18 Å². The van der Waals surface area contributed by atoms with Crippen LogP contribution >= 0.6 is 0 Å². The Morgan fingerprint density at radius 1 is 1.04 bits per heavy atom. The van der Waals surface area contributed by atoms with Gasteiger partial charge in [0.05, 0.1) is 7.11 Å². The van der Waals surface area contributed by atoms with Crippen LogP contribution in [-0.2, 0) is 27.7 Å². The van der Waals surface area contributed by atoms with E-state index in [1.54, 1.807) is 6.07 Å². The molecule has 0 N–H and O–H groups in total. The number of carbonyl (C=O) groups excluding carboxylic acids is 1. The van der Waals surface area contributed by atoms with Crippen molar-refractivity contribution in [3.8, 4) is 16.9 Å². The van der Waals surface area contributed by atoms with Crippen molar-refractivity contribution in [2.75, 3.05) is 7.11 Å². The molecule has 0 heterocycles. The lowest BCUT2D eigenvalue weighted by molar-refractivity contribution is -0.0500. The number of carbonyl (C=O) groups is 1. The van der Waals surface area contributed by atoms with Gasteiger partial charge in [0.1, 0.15) is 5.56 Å². The van der Waals surface area contributed by atoms with Crippen molar-refractivity contribution in [3.05, 3.63) is 53.1 Å². The van der Waals surface area contributed by atoms with Gasteiger partial charge in [0.2, 0.25) is 0 Å². The van der Waals surface area contributed by atoms with E-state index >= 15 is 0 Å². The lowest BCUT2D eigenvalue weighted by Crippen LogP contribution is -2.28. The Morgan fingerprint density at radius 3 is 2.35 bits per heavy atom. The molecule has 0 aromatic heterocycles. The summed E-state index contributed by atoms with van der Waals surface area (Å²) < 4.78 is 69.4. The van der Waals surface area contributed by atoms with Crippen molar-refractivity contribution in [1.82, 2.24) is 0 Å². The van der Waals surface area contributed by atoms with Gasteiger partial charge >= 0.3 is 21.6 Å². The summed E-state index contributed by atoms with van der Waals surface area (Å²) in [5, 5.41) is 0. The molecule has 0 radical (unpaired) electrons. The van der Waals surface area contributed by atoms with Crippen LogP contribution in [0.1, 0.15) is 21.5 Å². The summed E-state index contributed by atoms with van der Waals surface area (Å²) in [5.41, 5.74) is -2.94. The molecule has 0 saturated heterocycles. The van der Waals surface area contributed by atoms with E-state index in [-0.39, 0.29) is 0 Å². The number of fused-ring (bicyclic) bond motifs is 3. The first-order valence-electron chi connectivity index (χ1n) is 7.48. The molecule has 5 nitrogen and oxygen atoms in total. The molecule has 0 amide bonds. The van der Waals surface area contributed by atoms with Crippen molar-refractivity contribution in [3.63, 3.8) is 0 Å². The Balaban J connectivity index is 2.17. The van der Waals surface area contributed by atoms with Crippen molar-refractivity contribution >= 4 is 16.1 Å². The van der Waals surface area contributed by atoms with Crippen molar-refractivity contribution in [1.29, 1.82) is 0 Å². The van der Waals surface area contributed by atoms with E-state index in [0.29, 0.717) is 24.0 Å². The highest BCUT2D eigenvalue weighted by molar-refractivity contribution is 7.88. The number of rotatable bonds is 3. The van der Waals surface area contributed by atoms with Crippen LogP contribution in [0.4, 0.5) is 13.2 Å². The maximum atomic E-state index is 12.6. The van der Waals surface area contributed by atoms with Gasteiger partial charge in [-0.2, -0.15) is 21.6 Å². The highest BCUT2D eigenvalue weighted by Gasteiger charge is 2.49. The first kappa shape index (κ1) is 18.2. The Bertz CT molecular complexity index is 980. The van der Waals surface area contributed by atoms with Gasteiger partial charge in [-0.3, -0.25) is 0 Å². The van der Waals surface area contributed by atoms with Crippen molar-refractivity contribution in [2.45, 2.75) is 18.3 Å². The number of alkyl halides is 3. The number of ether oxygens (including phenoxy) is 1. The Kier molecular flexibility index (Phi) is 4.43. The molecule has 0 fully saturated rings. The van der Waals surface area contributed by atoms with Crippen molar-refractivity contribution in [2.24, 2.45) is 0 Å². The van der Waals surface area contributed by atoms with Gasteiger partial charge in [-0.15, -0.1) is 0 Å². The number of esters is 1. The zero-order valence-electron chi connectivity index (χ0n) is 13.5. The van der Waals surface area contributed by atoms with Crippen LogP contribution in [0.15, 0.2) is 36.4 Å². The van der Waals surface area contributed by atoms with E-state index in [9.17, 15) is 26.4 Å². The van der Waals surface area contributed by atoms with Crippen LogP contribution in [0, 0.1) is 0 Å². The molecule has 1 aliphatic rings. The smallest absolute Gasteiger partial charge is 0.465 e. The third-order valence-corrected chi connectivity index (χ3v) is 5.03. The number of hydrogen-bond acceptors (Lipinski definition) is 5. The molecule has 0 aliphatic heterocycles. The molecular formula is C17H13F3O5S. The van der Waals surface area contributed by atoms with E-state index in [2.05, 4.69) is 8.92 Å². The minimum Gasteiger partial charge on any atom is -0.465 e. The van der Waals surface area contributed by atoms with Gasteiger partial charge in [-0.1, -0.05) is 24.3 Å². The molecule has 0 atom stereocenters. The van der Waals surface area contributed by atoms with Crippen LogP contribution in [0.3, 0.4) is 0 Å². The molecule has 0 unspecified atom stereocenters.